The van der Waals surface area contributed by atoms with Gasteiger partial charge in [-0.2, -0.15) is 0 Å². The van der Waals surface area contributed by atoms with Crippen LogP contribution in [0, 0.1) is 6.92 Å². The molecule has 1 N–H and O–H groups in total. The summed E-state index contributed by atoms with van der Waals surface area (Å²) in [5, 5.41) is 12.8. The molecule has 114 valence electrons. The normalized spacial score (nSPS) is 12.3. The van der Waals surface area contributed by atoms with Crippen molar-refractivity contribution < 1.29 is 4.74 Å². The highest BCUT2D eigenvalue weighted by Crippen LogP contribution is 2.31. The van der Waals surface area contributed by atoms with Crippen LogP contribution in [0.25, 0.3) is 0 Å². The maximum atomic E-state index is 5.75. The summed E-state index contributed by atoms with van der Waals surface area (Å²) >= 11 is 3.38. The van der Waals surface area contributed by atoms with Crippen molar-refractivity contribution in [3.05, 3.63) is 34.8 Å². The first-order valence-electron chi connectivity index (χ1n) is 7.12. The van der Waals surface area contributed by atoms with Gasteiger partial charge < -0.3 is 10.1 Å². The first-order chi connectivity index (χ1) is 10.2. The fraction of sp³-hybridized carbons (Fsp3) is 0.467. The second-order valence-corrected chi connectivity index (χ2v) is 6.93. The molecule has 0 bridgehead atoms. The predicted octanol–water partition coefficient (Wildman–Crippen LogP) is 3.69. The second-order valence-electron chi connectivity index (χ2n) is 4.48. The summed E-state index contributed by atoms with van der Waals surface area (Å²) in [4.78, 5) is 0. The molecule has 4 nitrogen and oxygen atoms in total. The van der Waals surface area contributed by atoms with Gasteiger partial charge in [0.25, 0.3) is 0 Å². The number of hydrogen-bond acceptors (Lipinski definition) is 6. The third-order valence-corrected chi connectivity index (χ3v) is 4.99. The molecule has 1 unspecified atom stereocenters. The summed E-state index contributed by atoms with van der Waals surface area (Å²) in [6.45, 7) is 7.71. The van der Waals surface area contributed by atoms with Crippen molar-refractivity contribution in [1.82, 2.24) is 15.5 Å². The van der Waals surface area contributed by atoms with E-state index in [-0.39, 0.29) is 6.04 Å². The van der Waals surface area contributed by atoms with Crippen molar-refractivity contribution in [2.24, 2.45) is 0 Å². The van der Waals surface area contributed by atoms with Gasteiger partial charge in [-0.1, -0.05) is 48.2 Å². The first kappa shape index (κ1) is 16.3. The van der Waals surface area contributed by atoms with Crippen LogP contribution in [0.5, 0.6) is 5.75 Å². The van der Waals surface area contributed by atoms with Gasteiger partial charge in [-0.05, 0) is 26.5 Å². The van der Waals surface area contributed by atoms with E-state index in [2.05, 4.69) is 34.6 Å². The van der Waals surface area contributed by atoms with Crippen LogP contribution in [0.2, 0.25) is 0 Å². The maximum absolute atomic E-state index is 5.75. The molecule has 21 heavy (non-hydrogen) atoms. The van der Waals surface area contributed by atoms with E-state index in [0.717, 1.165) is 27.4 Å². The number of para-hydroxylation sites is 1. The number of thioether (sulfide) groups is 1. The van der Waals surface area contributed by atoms with Gasteiger partial charge in [0, 0.05) is 17.4 Å². The molecule has 1 aromatic heterocycles. The molecule has 0 spiro atoms. The molecule has 1 aromatic carbocycles. The zero-order chi connectivity index (χ0) is 15.1. The van der Waals surface area contributed by atoms with E-state index in [4.69, 9.17) is 4.74 Å². The van der Waals surface area contributed by atoms with E-state index < -0.39 is 0 Å². The zero-order valence-corrected chi connectivity index (χ0v) is 14.3. The second kappa shape index (κ2) is 8.36. The molecule has 0 amide bonds. The molecule has 0 saturated carbocycles. The molecule has 0 fully saturated rings. The molecular weight excluding hydrogens is 302 g/mol. The highest BCUT2D eigenvalue weighted by molar-refractivity contribution is 8.01. The average Bonchev–Trinajstić information content (AvgIpc) is 2.90. The van der Waals surface area contributed by atoms with Crippen molar-refractivity contribution in [3.63, 3.8) is 0 Å². The number of benzene rings is 1. The Hall–Kier alpha value is -1.11. The lowest BCUT2D eigenvalue weighted by atomic mass is 10.1. The topological polar surface area (TPSA) is 47.0 Å². The molecule has 2 rings (SSSR count). The van der Waals surface area contributed by atoms with Crippen LogP contribution in [0.15, 0.2) is 28.6 Å². The molecule has 1 atom stereocenters. The number of aryl methyl sites for hydroxylation is 1. The molecule has 0 aliphatic carbocycles. The summed E-state index contributed by atoms with van der Waals surface area (Å²) in [5.41, 5.74) is 1.20. The largest absolute Gasteiger partial charge is 0.494 e. The van der Waals surface area contributed by atoms with Gasteiger partial charge in [-0.25, -0.2) is 0 Å². The highest BCUT2D eigenvalue weighted by atomic mass is 32.2. The average molecular weight is 323 g/mol. The molecule has 0 aliphatic rings. The molecule has 0 radical (unpaired) electrons. The lowest BCUT2D eigenvalue weighted by Crippen LogP contribution is -2.23. The van der Waals surface area contributed by atoms with Gasteiger partial charge in [0.2, 0.25) is 0 Å². The molecule has 2 aromatic rings. The van der Waals surface area contributed by atoms with Crippen LogP contribution in [0.3, 0.4) is 0 Å². The number of rotatable bonds is 8. The quantitative estimate of drug-likeness (QED) is 0.751. The summed E-state index contributed by atoms with van der Waals surface area (Å²) in [6.07, 6.45) is 0. The van der Waals surface area contributed by atoms with Crippen molar-refractivity contribution in [2.75, 3.05) is 18.9 Å². The summed E-state index contributed by atoms with van der Waals surface area (Å²) in [5.74, 6) is 1.87. The van der Waals surface area contributed by atoms with Gasteiger partial charge in [-0.15, -0.1) is 10.2 Å². The van der Waals surface area contributed by atoms with Crippen molar-refractivity contribution in [2.45, 2.75) is 31.2 Å². The minimum atomic E-state index is 0.243. The number of ether oxygens (including phenoxy) is 1. The monoisotopic (exact) mass is 323 g/mol. The smallest absolute Gasteiger partial charge is 0.174 e. The summed E-state index contributed by atoms with van der Waals surface area (Å²) in [6, 6.07) is 8.47. The maximum Gasteiger partial charge on any atom is 0.174 e. The van der Waals surface area contributed by atoms with E-state index in [0.29, 0.717) is 6.61 Å². The first-order valence-corrected chi connectivity index (χ1v) is 8.92. The minimum Gasteiger partial charge on any atom is -0.494 e. The van der Waals surface area contributed by atoms with Crippen LogP contribution in [0.4, 0.5) is 0 Å². The van der Waals surface area contributed by atoms with E-state index >= 15 is 0 Å². The van der Waals surface area contributed by atoms with E-state index in [1.807, 2.05) is 26.0 Å². The molecule has 0 aliphatic heterocycles. The molecule has 0 saturated heterocycles. The third-order valence-electron chi connectivity index (χ3n) is 2.93. The van der Waals surface area contributed by atoms with Crippen LogP contribution in [0.1, 0.15) is 30.5 Å². The summed E-state index contributed by atoms with van der Waals surface area (Å²) in [7, 11) is 0. The Kier molecular flexibility index (Phi) is 6.48. The lowest BCUT2D eigenvalue weighted by Gasteiger charge is -2.20. The Morgan fingerprint density at radius 3 is 2.76 bits per heavy atom. The molecule has 6 heteroatoms. The Bertz CT molecular complexity index is 559. The van der Waals surface area contributed by atoms with Gasteiger partial charge >= 0.3 is 0 Å². The lowest BCUT2D eigenvalue weighted by molar-refractivity contribution is 0.333. The van der Waals surface area contributed by atoms with Gasteiger partial charge in [0.05, 0.1) is 6.61 Å². The number of nitrogens with one attached hydrogen (secondary N) is 1. The van der Waals surface area contributed by atoms with E-state index in [1.165, 1.54) is 5.56 Å². The van der Waals surface area contributed by atoms with Crippen LogP contribution in [-0.2, 0) is 0 Å². The van der Waals surface area contributed by atoms with E-state index in [1.54, 1.807) is 23.1 Å². The van der Waals surface area contributed by atoms with E-state index in [9.17, 15) is 0 Å². The highest BCUT2D eigenvalue weighted by Gasteiger charge is 2.16. The Morgan fingerprint density at radius 2 is 2.10 bits per heavy atom. The number of nitrogens with zero attached hydrogens (tertiary/aromatic N) is 2. The van der Waals surface area contributed by atoms with Gasteiger partial charge in [0.15, 0.2) is 4.34 Å². The Labute approximate surface area is 134 Å². The summed E-state index contributed by atoms with van der Waals surface area (Å²) < 4.78 is 6.76. The van der Waals surface area contributed by atoms with Crippen molar-refractivity contribution in [1.29, 1.82) is 0 Å². The minimum absolute atomic E-state index is 0.243. The van der Waals surface area contributed by atoms with Crippen molar-refractivity contribution in [3.8, 4) is 5.75 Å². The fourth-order valence-corrected chi connectivity index (χ4v) is 3.97. The standard InChI is InChI=1S/C15H21N3OS2/c1-4-16-13(10-20-15-18-17-11(3)21-15)12-8-6-7-9-14(12)19-5-2/h6-9,13,16H,4-5,10H2,1-3H3. The number of hydrogen-bond donors (Lipinski definition) is 1. The fourth-order valence-electron chi connectivity index (χ4n) is 2.05. The van der Waals surface area contributed by atoms with Gasteiger partial charge in [-0.3, -0.25) is 0 Å². The van der Waals surface area contributed by atoms with Gasteiger partial charge in [0.1, 0.15) is 10.8 Å². The third kappa shape index (κ3) is 4.69. The SMILES string of the molecule is CCNC(CSc1nnc(C)s1)c1ccccc1OCC. The van der Waals surface area contributed by atoms with Crippen LogP contribution in [-0.4, -0.2) is 29.1 Å². The predicted molar refractivity (Wildman–Crippen MR) is 89.4 cm³/mol. The molecular formula is C15H21N3OS2. The zero-order valence-electron chi connectivity index (χ0n) is 12.6. The van der Waals surface area contributed by atoms with Crippen LogP contribution < -0.4 is 10.1 Å². The van der Waals surface area contributed by atoms with Crippen molar-refractivity contribution >= 4 is 23.1 Å². The number of aromatic nitrogens is 2. The molecule has 1 heterocycles. The van der Waals surface area contributed by atoms with Crippen LogP contribution >= 0.6 is 23.1 Å². The Morgan fingerprint density at radius 1 is 1.29 bits per heavy atom. The Balaban J connectivity index is 2.10.